The molecule has 0 saturated heterocycles. The summed E-state index contributed by atoms with van der Waals surface area (Å²) in [6.45, 7) is 3.27. The summed E-state index contributed by atoms with van der Waals surface area (Å²) in [5.41, 5.74) is 4.81. The summed E-state index contributed by atoms with van der Waals surface area (Å²) in [5, 5.41) is 0. The molecule has 0 aliphatic carbocycles. The van der Waals surface area contributed by atoms with Crippen LogP contribution in [0.5, 0.6) is 0 Å². The van der Waals surface area contributed by atoms with Gasteiger partial charge in [0.2, 0.25) is 0 Å². The first-order chi connectivity index (χ1) is 7.70. The minimum atomic E-state index is -0.283. The lowest BCUT2D eigenvalue weighted by molar-refractivity contribution is 0.573. The van der Waals surface area contributed by atoms with E-state index in [1.54, 1.807) is 22.5 Å². The van der Waals surface area contributed by atoms with Crippen LogP contribution in [0.4, 0.5) is 0 Å². The molecule has 0 saturated carbocycles. The van der Waals surface area contributed by atoms with Gasteiger partial charge < -0.3 is 5.73 Å². The van der Waals surface area contributed by atoms with Crippen molar-refractivity contribution in [2.45, 2.75) is 20.0 Å². The lowest BCUT2D eigenvalue weighted by Gasteiger charge is -2.08. The molecule has 0 atom stereocenters. The highest BCUT2D eigenvalue weighted by Gasteiger charge is 2.03. The maximum Gasteiger partial charge on any atom is 0.331 e. The first kappa shape index (κ1) is 13.1. The quantitative estimate of drug-likeness (QED) is 0.698. The van der Waals surface area contributed by atoms with E-state index in [4.69, 9.17) is 5.73 Å². The van der Waals surface area contributed by atoms with E-state index in [1.165, 1.54) is 10.6 Å². The van der Waals surface area contributed by atoms with Crippen molar-refractivity contribution in [3.05, 3.63) is 33.1 Å². The van der Waals surface area contributed by atoms with Crippen molar-refractivity contribution in [3.8, 4) is 0 Å². The van der Waals surface area contributed by atoms with Crippen LogP contribution < -0.4 is 17.0 Å². The summed E-state index contributed by atoms with van der Waals surface area (Å²) in [4.78, 5) is 23.2. The largest absolute Gasteiger partial charge is 0.331 e. The molecule has 1 heterocycles. The molecule has 1 rings (SSSR count). The van der Waals surface area contributed by atoms with Crippen LogP contribution in [-0.2, 0) is 13.1 Å². The minimum absolute atomic E-state index is 0.269. The van der Waals surface area contributed by atoms with Gasteiger partial charge in [-0.1, -0.05) is 6.92 Å². The second-order valence-corrected chi connectivity index (χ2v) is 4.66. The number of rotatable bonds is 6. The van der Waals surface area contributed by atoms with E-state index in [2.05, 4.69) is 6.92 Å². The zero-order valence-electron chi connectivity index (χ0n) is 9.39. The topological polar surface area (TPSA) is 70.0 Å². The molecular formula is C10H17N3O2S. The van der Waals surface area contributed by atoms with Crippen molar-refractivity contribution >= 4 is 11.8 Å². The Kier molecular flexibility index (Phi) is 5.34. The summed E-state index contributed by atoms with van der Waals surface area (Å²) in [5.74, 6) is 1.90. The summed E-state index contributed by atoms with van der Waals surface area (Å²) in [6, 6.07) is 1.41. The van der Waals surface area contributed by atoms with Gasteiger partial charge in [0, 0.05) is 37.7 Å². The van der Waals surface area contributed by atoms with Gasteiger partial charge in [-0.3, -0.25) is 13.9 Å². The molecule has 0 aromatic carbocycles. The molecule has 16 heavy (non-hydrogen) atoms. The van der Waals surface area contributed by atoms with E-state index >= 15 is 0 Å². The number of nitrogens with zero attached hydrogens (tertiary/aromatic N) is 2. The average Bonchev–Trinajstić information content (AvgIpc) is 2.28. The molecule has 0 fully saturated rings. The van der Waals surface area contributed by atoms with E-state index in [-0.39, 0.29) is 17.8 Å². The van der Waals surface area contributed by atoms with Gasteiger partial charge in [0.25, 0.3) is 5.56 Å². The fourth-order valence-corrected chi connectivity index (χ4v) is 1.98. The molecule has 2 N–H and O–H groups in total. The zero-order chi connectivity index (χ0) is 12.0. The standard InChI is InChI=1S/C10H17N3O2S/c1-2-16-8-7-12-5-3-9(14)13(6-4-11)10(12)15/h3,5H,2,4,6-8,11H2,1H3. The van der Waals surface area contributed by atoms with Crippen LogP contribution in [-0.4, -0.2) is 27.2 Å². The van der Waals surface area contributed by atoms with Crippen LogP contribution >= 0.6 is 11.8 Å². The molecule has 0 aliphatic rings. The monoisotopic (exact) mass is 243 g/mol. The van der Waals surface area contributed by atoms with E-state index < -0.39 is 0 Å². The second-order valence-electron chi connectivity index (χ2n) is 3.27. The number of hydrogen-bond donors (Lipinski definition) is 1. The third kappa shape index (κ3) is 3.24. The van der Waals surface area contributed by atoms with Crippen LogP contribution in [0.2, 0.25) is 0 Å². The van der Waals surface area contributed by atoms with Crippen molar-refractivity contribution in [1.29, 1.82) is 0 Å². The second kappa shape index (κ2) is 6.55. The van der Waals surface area contributed by atoms with Gasteiger partial charge in [-0.2, -0.15) is 11.8 Å². The van der Waals surface area contributed by atoms with Gasteiger partial charge >= 0.3 is 5.69 Å². The van der Waals surface area contributed by atoms with Gasteiger partial charge in [0.15, 0.2) is 0 Å². The van der Waals surface area contributed by atoms with Crippen molar-refractivity contribution in [1.82, 2.24) is 9.13 Å². The number of hydrogen-bond acceptors (Lipinski definition) is 4. The molecule has 1 aromatic rings. The van der Waals surface area contributed by atoms with Gasteiger partial charge in [-0.25, -0.2) is 4.79 Å². The van der Waals surface area contributed by atoms with Crippen LogP contribution in [0.3, 0.4) is 0 Å². The highest BCUT2D eigenvalue weighted by Crippen LogP contribution is 1.98. The van der Waals surface area contributed by atoms with Gasteiger partial charge in [-0.05, 0) is 5.75 Å². The smallest absolute Gasteiger partial charge is 0.329 e. The Morgan fingerprint density at radius 1 is 1.38 bits per heavy atom. The number of nitrogens with two attached hydrogens (primary N) is 1. The Morgan fingerprint density at radius 2 is 2.12 bits per heavy atom. The predicted molar refractivity (Wildman–Crippen MR) is 67.0 cm³/mol. The van der Waals surface area contributed by atoms with Crippen LogP contribution in [0.15, 0.2) is 21.9 Å². The zero-order valence-corrected chi connectivity index (χ0v) is 10.2. The van der Waals surface area contributed by atoms with Crippen molar-refractivity contribution in [2.24, 2.45) is 5.73 Å². The molecular weight excluding hydrogens is 226 g/mol. The fraction of sp³-hybridized carbons (Fsp3) is 0.600. The molecule has 0 amide bonds. The summed E-state index contributed by atoms with van der Waals surface area (Å²) in [7, 11) is 0. The Labute approximate surface area is 98.3 Å². The first-order valence-corrected chi connectivity index (χ1v) is 6.44. The van der Waals surface area contributed by atoms with Crippen molar-refractivity contribution in [3.63, 3.8) is 0 Å². The normalized spacial score (nSPS) is 10.6. The molecule has 0 spiro atoms. The van der Waals surface area contributed by atoms with E-state index in [0.717, 1.165) is 11.5 Å². The third-order valence-electron chi connectivity index (χ3n) is 2.17. The first-order valence-electron chi connectivity index (χ1n) is 5.28. The van der Waals surface area contributed by atoms with Gasteiger partial charge in [0.05, 0.1) is 0 Å². The lowest BCUT2D eigenvalue weighted by atomic mass is 10.5. The van der Waals surface area contributed by atoms with E-state index in [0.29, 0.717) is 13.1 Å². The lowest BCUT2D eigenvalue weighted by Crippen LogP contribution is -2.40. The highest BCUT2D eigenvalue weighted by atomic mass is 32.2. The number of aromatic nitrogens is 2. The molecule has 5 nitrogen and oxygen atoms in total. The van der Waals surface area contributed by atoms with Crippen LogP contribution in [0.25, 0.3) is 0 Å². The maximum atomic E-state index is 11.8. The maximum absolute atomic E-state index is 11.8. The van der Waals surface area contributed by atoms with Crippen LogP contribution in [0, 0.1) is 0 Å². The summed E-state index contributed by atoms with van der Waals surface area (Å²) >= 11 is 1.76. The molecule has 0 aliphatic heterocycles. The summed E-state index contributed by atoms with van der Waals surface area (Å²) in [6.07, 6.45) is 1.55. The van der Waals surface area contributed by atoms with Gasteiger partial charge in [0.1, 0.15) is 0 Å². The Hall–Kier alpha value is -1.01. The molecule has 90 valence electrons. The Bertz CT molecular complexity index is 438. The van der Waals surface area contributed by atoms with Crippen molar-refractivity contribution in [2.75, 3.05) is 18.1 Å². The molecule has 6 heteroatoms. The number of thioether (sulfide) groups is 1. The van der Waals surface area contributed by atoms with E-state index in [9.17, 15) is 9.59 Å². The number of aryl methyl sites for hydroxylation is 1. The SMILES string of the molecule is CCSCCn1ccc(=O)n(CCN)c1=O. The Morgan fingerprint density at radius 3 is 2.75 bits per heavy atom. The molecule has 0 unspecified atom stereocenters. The average molecular weight is 243 g/mol. The highest BCUT2D eigenvalue weighted by molar-refractivity contribution is 7.99. The molecule has 0 radical (unpaired) electrons. The van der Waals surface area contributed by atoms with Gasteiger partial charge in [-0.15, -0.1) is 0 Å². The van der Waals surface area contributed by atoms with Crippen molar-refractivity contribution < 1.29 is 0 Å². The predicted octanol–water partition coefficient (Wildman–Crippen LogP) is -0.278. The Balaban J connectivity index is 2.90. The minimum Gasteiger partial charge on any atom is -0.329 e. The fourth-order valence-electron chi connectivity index (χ4n) is 1.37. The van der Waals surface area contributed by atoms with Crippen LogP contribution in [0.1, 0.15) is 6.92 Å². The third-order valence-corrected chi connectivity index (χ3v) is 3.05. The summed E-state index contributed by atoms with van der Waals surface area (Å²) < 4.78 is 2.73. The molecule has 1 aromatic heterocycles. The molecule has 0 bridgehead atoms. The van der Waals surface area contributed by atoms with E-state index in [1.807, 2.05) is 0 Å².